The second-order valence-electron chi connectivity index (χ2n) is 3.77. The molecule has 1 saturated heterocycles. The van der Waals surface area contributed by atoms with E-state index in [4.69, 9.17) is 5.73 Å². The van der Waals surface area contributed by atoms with Crippen molar-refractivity contribution >= 4 is 17.0 Å². The van der Waals surface area contributed by atoms with Crippen molar-refractivity contribution in [2.75, 3.05) is 13.1 Å². The van der Waals surface area contributed by atoms with Gasteiger partial charge in [0.2, 0.25) is 0 Å². The molecule has 1 aromatic rings. The number of hydrogen-bond acceptors (Lipinski definition) is 2. The molecule has 2 N–H and O–H groups in total. The lowest BCUT2D eigenvalue weighted by Crippen LogP contribution is -2.26. The molecule has 1 atom stereocenters. The van der Waals surface area contributed by atoms with Gasteiger partial charge in [-0.1, -0.05) is 30.3 Å². The Labute approximate surface area is 95.9 Å². The Hall–Kier alpha value is -0.380. The smallest absolute Gasteiger partial charge is 0.0234 e. The monoisotopic (exact) mass is 256 g/mol. The molecule has 0 aromatic heterocycles. The van der Waals surface area contributed by atoms with Gasteiger partial charge in [-0.05, 0) is 12.0 Å². The molecule has 78 valence electrons. The van der Waals surface area contributed by atoms with Crippen LogP contribution in [0.5, 0.6) is 0 Å². The Morgan fingerprint density at radius 3 is 2.57 bits per heavy atom. The van der Waals surface area contributed by atoms with E-state index in [1.807, 2.05) is 0 Å². The topological polar surface area (TPSA) is 29.3 Å². The Bertz CT molecular complexity index is 263. The summed E-state index contributed by atoms with van der Waals surface area (Å²) in [5.74, 6) is 0. The first-order chi connectivity index (χ1) is 6.34. The van der Waals surface area contributed by atoms with Crippen LogP contribution in [0.1, 0.15) is 12.0 Å². The third-order valence-electron chi connectivity index (χ3n) is 2.56. The zero-order valence-corrected chi connectivity index (χ0v) is 9.94. The molecular formula is C11H17BrN2. The summed E-state index contributed by atoms with van der Waals surface area (Å²) in [6.45, 7) is 3.25. The van der Waals surface area contributed by atoms with E-state index in [2.05, 4.69) is 35.2 Å². The Kier molecular flexibility index (Phi) is 4.58. The zero-order valence-electron chi connectivity index (χ0n) is 8.23. The average Bonchev–Trinajstić information content (AvgIpc) is 2.53. The number of nitrogens with zero attached hydrogens (tertiary/aromatic N) is 1. The highest BCUT2D eigenvalue weighted by molar-refractivity contribution is 8.93. The van der Waals surface area contributed by atoms with Gasteiger partial charge in [0.1, 0.15) is 0 Å². The molecular weight excluding hydrogens is 240 g/mol. The minimum atomic E-state index is 0. The normalized spacial score (nSPS) is 21.9. The molecule has 0 radical (unpaired) electrons. The summed E-state index contributed by atoms with van der Waals surface area (Å²) >= 11 is 0. The summed E-state index contributed by atoms with van der Waals surface area (Å²) in [4.78, 5) is 2.42. The van der Waals surface area contributed by atoms with E-state index in [-0.39, 0.29) is 17.0 Å². The first kappa shape index (κ1) is 11.7. The fraction of sp³-hybridized carbons (Fsp3) is 0.455. The van der Waals surface area contributed by atoms with Gasteiger partial charge >= 0.3 is 0 Å². The molecule has 2 rings (SSSR count). The Morgan fingerprint density at radius 2 is 2.00 bits per heavy atom. The fourth-order valence-electron chi connectivity index (χ4n) is 1.85. The molecule has 0 aliphatic carbocycles. The van der Waals surface area contributed by atoms with Gasteiger partial charge < -0.3 is 5.73 Å². The number of halogens is 1. The van der Waals surface area contributed by atoms with Gasteiger partial charge in [-0.25, -0.2) is 0 Å². The second kappa shape index (κ2) is 5.49. The maximum Gasteiger partial charge on any atom is 0.0234 e. The standard InChI is InChI=1S/C11H16N2.BrH/c12-11-6-7-13(9-11)8-10-4-2-1-3-5-10;/h1-5,11H,6-9,12H2;1H/t11-;/m1./s1. The van der Waals surface area contributed by atoms with E-state index >= 15 is 0 Å². The van der Waals surface area contributed by atoms with E-state index in [0.717, 1.165) is 26.1 Å². The van der Waals surface area contributed by atoms with Gasteiger partial charge in [0.05, 0.1) is 0 Å². The molecule has 1 fully saturated rings. The van der Waals surface area contributed by atoms with Crippen molar-refractivity contribution in [2.24, 2.45) is 5.73 Å². The van der Waals surface area contributed by atoms with Crippen molar-refractivity contribution in [1.82, 2.24) is 4.90 Å². The van der Waals surface area contributed by atoms with Crippen LogP contribution in [0.2, 0.25) is 0 Å². The van der Waals surface area contributed by atoms with Crippen molar-refractivity contribution in [2.45, 2.75) is 19.0 Å². The van der Waals surface area contributed by atoms with Gasteiger partial charge in [-0.2, -0.15) is 0 Å². The van der Waals surface area contributed by atoms with Crippen LogP contribution in [0.25, 0.3) is 0 Å². The van der Waals surface area contributed by atoms with Crippen molar-refractivity contribution in [3.05, 3.63) is 35.9 Å². The van der Waals surface area contributed by atoms with Gasteiger partial charge in [0.25, 0.3) is 0 Å². The van der Waals surface area contributed by atoms with E-state index in [1.54, 1.807) is 0 Å². The van der Waals surface area contributed by atoms with E-state index < -0.39 is 0 Å². The van der Waals surface area contributed by atoms with Crippen molar-refractivity contribution in [3.8, 4) is 0 Å². The predicted molar refractivity (Wildman–Crippen MR) is 64.6 cm³/mol. The van der Waals surface area contributed by atoms with Crippen molar-refractivity contribution in [1.29, 1.82) is 0 Å². The largest absolute Gasteiger partial charge is 0.326 e. The van der Waals surface area contributed by atoms with Crippen LogP contribution in [0.3, 0.4) is 0 Å². The number of likely N-dealkylation sites (tertiary alicyclic amines) is 1. The molecule has 0 amide bonds. The maximum absolute atomic E-state index is 5.84. The first-order valence-corrected chi connectivity index (χ1v) is 4.86. The highest BCUT2D eigenvalue weighted by atomic mass is 79.9. The minimum Gasteiger partial charge on any atom is -0.326 e. The highest BCUT2D eigenvalue weighted by Gasteiger charge is 2.18. The van der Waals surface area contributed by atoms with E-state index in [1.165, 1.54) is 5.56 Å². The fourth-order valence-corrected chi connectivity index (χ4v) is 1.85. The summed E-state index contributed by atoms with van der Waals surface area (Å²) in [6.07, 6.45) is 1.15. The Balaban J connectivity index is 0.000000980. The number of nitrogens with two attached hydrogens (primary N) is 1. The van der Waals surface area contributed by atoms with E-state index in [9.17, 15) is 0 Å². The quantitative estimate of drug-likeness (QED) is 0.875. The molecule has 2 nitrogen and oxygen atoms in total. The summed E-state index contributed by atoms with van der Waals surface area (Å²) in [6, 6.07) is 11.0. The van der Waals surface area contributed by atoms with Crippen LogP contribution < -0.4 is 5.73 Å². The van der Waals surface area contributed by atoms with Crippen LogP contribution >= 0.6 is 17.0 Å². The third kappa shape index (κ3) is 3.08. The van der Waals surface area contributed by atoms with Crippen molar-refractivity contribution in [3.63, 3.8) is 0 Å². The maximum atomic E-state index is 5.84. The first-order valence-electron chi connectivity index (χ1n) is 4.86. The lowest BCUT2D eigenvalue weighted by Gasteiger charge is -2.14. The van der Waals surface area contributed by atoms with Crippen LogP contribution in [-0.2, 0) is 6.54 Å². The SMILES string of the molecule is Br.N[C@@H]1CCN(Cc2ccccc2)C1. The van der Waals surface area contributed by atoms with Gasteiger partial charge in [0, 0.05) is 25.7 Å². The van der Waals surface area contributed by atoms with Crippen molar-refractivity contribution < 1.29 is 0 Å². The molecule has 1 heterocycles. The molecule has 3 heteroatoms. The average molecular weight is 257 g/mol. The highest BCUT2D eigenvalue weighted by Crippen LogP contribution is 2.11. The molecule has 1 aromatic carbocycles. The summed E-state index contributed by atoms with van der Waals surface area (Å²) in [7, 11) is 0. The predicted octanol–water partition coefficient (Wildman–Crippen LogP) is 1.80. The minimum absolute atomic E-state index is 0. The summed E-state index contributed by atoms with van der Waals surface area (Å²) in [5.41, 5.74) is 7.22. The van der Waals surface area contributed by atoms with Gasteiger partial charge in [-0.3, -0.25) is 4.90 Å². The van der Waals surface area contributed by atoms with E-state index in [0.29, 0.717) is 6.04 Å². The second-order valence-corrected chi connectivity index (χ2v) is 3.77. The number of hydrogen-bond donors (Lipinski definition) is 1. The number of rotatable bonds is 2. The van der Waals surface area contributed by atoms with Crippen LogP contribution in [0, 0.1) is 0 Å². The summed E-state index contributed by atoms with van der Waals surface area (Å²) < 4.78 is 0. The molecule has 0 unspecified atom stereocenters. The summed E-state index contributed by atoms with van der Waals surface area (Å²) in [5, 5.41) is 0. The number of benzene rings is 1. The zero-order chi connectivity index (χ0) is 9.10. The lowest BCUT2D eigenvalue weighted by atomic mass is 10.2. The molecule has 14 heavy (non-hydrogen) atoms. The molecule has 1 aliphatic heterocycles. The van der Waals surface area contributed by atoms with Gasteiger partial charge in [0.15, 0.2) is 0 Å². The van der Waals surface area contributed by atoms with Crippen LogP contribution in [0.4, 0.5) is 0 Å². The van der Waals surface area contributed by atoms with Gasteiger partial charge in [-0.15, -0.1) is 17.0 Å². The molecule has 0 bridgehead atoms. The third-order valence-corrected chi connectivity index (χ3v) is 2.56. The lowest BCUT2D eigenvalue weighted by molar-refractivity contribution is 0.327. The van der Waals surface area contributed by atoms with Crippen LogP contribution in [-0.4, -0.2) is 24.0 Å². The Morgan fingerprint density at radius 1 is 1.29 bits per heavy atom. The molecule has 0 saturated carbocycles. The molecule has 0 spiro atoms. The molecule has 1 aliphatic rings. The van der Waals surface area contributed by atoms with Crippen LogP contribution in [0.15, 0.2) is 30.3 Å².